The fourth-order valence-electron chi connectivity index (χ4n) is 2.72. The van der Waals surface area contributed by atoms with Crippen molar-refractivity contribution in [2.24, 2.45) is 0 Å². The van der Waals surface area contributed by atoms with Gasteiger partial charge in [0.2, 0.25) is 5.91 Å². The van der Waals surface area contributed by atoms with E-state index in [4.69, 9.17) is 0 Å². The minimum atomic E-state index is -4.42. The van der Waals surface area contributed by atoms with Crippen LogP contribution in [0, 0.1) is 0 Å². The van der Waals surface area contributed by atoms with Crippen molar-refractivity contribution in [2.45, 2.75) is 31.6 Å². The summed E-state index contributed by atoms with van der Waals surface area (Å²) in [5, 5.41) is 2.91. The average molecular weight is 402 g/mol. The van der Waals surface area contributed by atoms with Crippen molar-refractivity contribution in [3.05, 3.63) is 76.9 Å². The third kappa shape index (κ3) is 5.94. The van der Waals surface area contributed by atoms with Crippen molar-refractivity contribution in [2.75, 3.05) is 7.05 Å². The highest BCUT2D eigenvalue weighted by atomic mass is 19.4. The lowest BCUT2D eigenvalue weighted by molar-refractivity contribution is -0.137. The maximum atomic E-state index is 12.8. The number of carbonyl (C=O) groups excluding carboxylic acids is 2. The molecule has 1 aliphatic rings. The van der Waals surface area contributed by atoms with Gasteiger partial charge < -0.3 is 10.2 Å². The maximum absolute atomic E-state index is 12.8. The molecule has 7 heteroatoms. The Hall–Kier alpha value is -3.09. The third-order valence-electron chi connectivity index (χ3n) is 4.56. The zero-order valence-corrected chi connectivity index (χ0v) is 15.9. The largest absolute Gasteiger partial charge is 0.416 e. The van der Waals surface area contributed by atoms with Gasteiger partial charge in [-0.05, 0) is 54.3 Å². The number of likely N-dealkylation sites (N-methyl/N-ethyl adjacent to an activating group) is 1. The quantitative estimate of drug-likeness (QED) is 0.734. The van der Waals surface area contributed by atoms with Gasteiger partial charge in [-0.1, -0.05) is 24.3 Å². The predicted molar refractivity (Wildman–Crippen MR) is 104 cm³/mol. The average Bonchev–Trinajstić information content (AvgIpc) is 3.50. The summed E-state index contributed by atoms with van der Waals surface area (Å²) in [6.07, 6.45) is 0.216. The molecule has 1 N–H and O–H groups in total. The van der Waals surface area contributed by atoms with Crippen LogP contribution in [0.25, 0.3) is 6.08 Å². The molecule has 4 nitrogen and oxygen atoms in total. The molecule has 0 aromatic heterocycles. The molecular formula is C22H21F3N2O2. The molecule has 3 rings (SSSR count). The number of hydrogen-bond acceptors (Lipinski definition) is 2. The number of halogens is 3. The molecule has 1 saturated carbocycles. The van der Waals surface area contributed by atoms with Gasteiger partial charge in [0.05, 0.1) is 5.56 Å². The highest BCUT2D eigenvalue weighted by Gasteiger charge is 2.30. The molecule has 0 unspecified atom stereocenters. The molecule has 29 heavy (non-hydrogen) atoms. The number of hydrogen-bond donors (Lipinski definition) is 1. The summed E-state index contributed by atoms with van der Waals surface area (Å²) in [7, 11) is 1.60. The first-order valence-electron chi connectivity index (χ1n) is 9.22. The van der Waals surface area contributed by atoms with Gasteiger partial charge in [0.25, 0.3) is 5.91 Å². The van der Waals surface area contributed by atoms with Gasteiger partial charge in [0.1, 0.15) is 0 Å². The molecule has 1 fully saturated rings. The van der Waals surface area contributed by atoms with Crippen LogP contribution >= 0.6 is 0 Å². The van der Waals surface area contributed by atoms with Crippen molar-refractivity contribution in [3.63, 3.8) is 0 Å². The Balaban J connectivity index is 1.57. The highest BCUT2D eigenvalue weighted by molar-refractivity contribution is 5.94. The van der Waals surface area contributed by atoms with Crippen LogP contribution in [0.2, 0.25) is 0 Å². The first kappa shape index (κ1) is 20.6. The summed E-state index contributed by atoms with van der Waals surface area (Å²) in [6.45, 7) is 0.316. The van der Waals surface area contributed by atoms with E-state index in [2.05, 4.69) is 5.32 Å². The Labute approximate surface area is 167 Å². The number of rotatable bonds is 6. The number of amides is 2. The van der Waals surface area contributed by atoms with E-state index in [1.165, 1.54) is 29.2 Å². The topological polar surface area (TPSA) is 49.4 Å². The second-order valence-corrected chi connectivity index (χ2v) is 7.10. The molecule has 2 aromatic carbocycles. The molecule has 0 bridgehead atoms. The lowest BCUT2D eigenvalue weighted by Gasteiger charge is -2.15. The van der Waals surface area contributed by atoms with Crippen LogP contribution in [0.1, 0.15) is 39.9 Å². The van der Waals surface area contributed by atoms with E-state index in [9.17, 15) is 22.8 Å². The van der Waals surface area contributed by atoms with E-state index in [1.807, 2.05) is 0 Å². The van der Waals surface area contributed by atoms with Crippen molar-refractivity contribution < 1.29 is 22.8 Å². The Bertz CT molecular complexity index is 916. The van der Waals surface area contributed by atoms with E-state index in [0.717, 1.165) is 30.5 Å². The predicted octanol–water partition coefficient (Wildman–Crippen LogP) is 4.27. The van der Waals surface area contributed by atoms with Crippen LogP contribution in [0.5, 0.6) is 0 Å². The van der Waals surface area contributed by atoms with Gasteiger partial charge in [-0.2, -0.15) is 13.2 Å². The smallest absolute Gasteiger partial charge is 0.349 e. The van der Waals surface area contributed by atoms with Gasteiger partial charge in [-0.3, -0.25) is 9.59 Å². The summed E-state index contributed by atoms with van der Waals surface area (Å²) in [5.74, 6) is -0.439. The standard InChI is InChI=1S/C22H21F3N2O2/c1-27(14-16-5-8-17(9-6-16)21(29)26-19-10-11-19)20(28)12-7-15-3-2-4-18(13-15)22(23,24)25/h2-9,12-13,19H,10-11,14H2,1H3,(H,26,29). The molecule has 0 heterocycles. The summed E-state index contributed by atoms with van der Waals surface area (Å²) < 4.78 is 38.3. The van der Waals surface area contributed by atoms with Gasteiger partial charge in [0.15, 0.2) is 0 Å². The normalized spacial score (nSPS) is 14.1. The lowest BCUT2D eigenvalue weighted by atomic mass is 10.1. The van der Waals surface area contributed by atoms with Crippen molar-refractivity contribution in [1.82, 2.24) is 10.2 Å². The molecule has 0 spiro atoms. The van der Waals surface area contributed by atoms with Crippen LogP contribution in [0.4, 0.5) is 13.2 Å². The summed E-state index contributed by atoms with van der Waals surface area (Å²) >= 11 is 0. The van der Waals surface area contributed by atoms with Crippen LogP contribution in [0.3, 0.4) is 0 Å². The molecule has 0 saturated heterocycles. The lowest BCUT2D eigenvalue weighted by Crippen LogP contribution is -2.26. The maximum Gasteiger partial charge on any atom is 0.416 e. The molecular weight excluding hydrogens is 381 g/mol. The summed E-state index contributed by atoms with van der Waals surface area (Å²) in [5.41, 5.74) is 0.953. The Morgan fingerprint density at radius 3 is 2.45 bits per heavy atom. The number of nitrogens with zero attached hydrogens (tertiary/aromatic N) is 1. The number of benzene rings is 2. The number of carbonyl (C=O) groups is 2. The SMILES string of the molecule is CN(Cc1ccc(C(=O)NC2CC2)cc1)C(=O)C=Cc1cccc(C(F)(F)F)c1. The van der Waals surface area contributed by atoms with E-state index in [0.29, 0.717) is 17.7 Å². The number of nitrogens with one attached hydrogen (secondary N) is 1. The van der Waals surface area contributed by atoms with E-state index < -0.39 is 11.7 Å². The second-order valence-electron chi connectivity index (χ2n) is 7.10. The van der Waals surface area contributed by atoms with E-state index in [-0.39, 0.29) is 17.9 Å². The molecule has 152 valence electrons. The van der Waals surface area contributed by atoms with Crippen molar-refractivity contribution in [1.29, 1.82) is 0 Å². The molecule has 1 aliphatic carbocycles. The van der Waals surface area contributed by atoms with Gasteiger partial charge in [0, 0.05) is 31.3 Å². The molecule has 2 aromatic rings. The molecule has 2 amide bonds. The van der Waals surface area contributed by atoms with Crippen molar-refractivity contribution >= 4 is 17.9 Å². The molecule has 0 atom stereocenters. The van der Waals surface area contributed by atoms with Crippen LogP contribution in [0.15, 0.2) is 54.6 Å². The van der Waals surface area contributed by atoms with E-state index >= 15 is 0 Å². The zero-order valence-electron chi connectivity index (χ0n) is 15.9. The van der Waals surface area contributed by atoms with Gasteiger partial charge >= 0.3 is 6.18 Å². The Morgan fingerprint density at radius 1 is 1.14 bits per heavy atom. The Kier molecular flexibility index (Phi) is 6.06. The zero-order chi connectivity index (χ0) is 21.0. The first-order valence-corrected chi connectivity index (χ1v) is 9.22. The monoisotopic (exact) mass is 402 g/mol. The van der Waals surface area contributed by atoms with Crippen LogP contribution in [-0.4, -0.2) is 29.8 Å². The molecule has 0 radical (unpaired) electrons. The second kappa shape index (κ2) is 8.51. The molecule has 0 aliphatic heterocycles. The Morgan fingerprint density at radius 2 is 1.83 bits per heavy atom. The van der Waals surface area contributed by atoms with E-state index in [1.54, 1.807) is 31.3 Å². The van der Waals surface area contributed by atoms with Gasteiger partial charge in [-0.15, -0.1) is 0 Å². The van der Waals surface area contributed by atoms with Crippen molar-refractivity contribution in [3.8, 4) is 0 Å². The minimum absolute atomic E-state index is 0.104. The summed E-state index contributed by atoms with van der Waals surface area (Å²) in [6, 6.07) is 12.1. The van der Waals surface area contributed by atoms with Crippen LogP contribution < -0.4 is 5.32 Å². The highest BCUT2D eigenvalue weighted by Crippen LogP contribution is 2.29. The fraction of sp³-hybridized carbons (Fsp3) is 0.273. The summed E-state index contributed by atoms with van der Waals surface area (Å²) in [4.78, 5) is 25.7. The first-order chi connectivity index (χ1) is 13.7. The number of alkyl halides is 3. The third-order valence-corrected chi connectivity index (χ3v) is 4.56. The van der Waals surface area contributed by atoms with Gasteiger partial charge in [-0.25, -0.2) is 0 Å². The minimum Gasteiger partial charge on any atom is -0.349 e. The van der Waals surface area contributed by atoms with Crippen LogP contribution in [-0.2, 0) is 17.5 Å². The fourth-order valence-corrected chi connectivity index (χ4v) is 2.72.